The molecule has 3 aromatic rings. The van der Waals surface area contributed by atoms with Gasteiger partial charge < -0.3 is 10.6 Å². The second kappa shape index (κ2) is 9.05. The number of anilines is 2. The minimum Gasteiger partial charge on any atom is -0.308 e. The van der Waals surface area contributed by atoms with Crippen molar-refractivity contribution in [1.82, 2.24) is 0 Å². The van der Waals surface area contributed by atoms with Gasteiger partial charge in [0.15, 0.2) is 0 Å². The predicted molar refractivity (Wildman–Crippen MR) is 115 cm³/mol. The number of nitrogens with zero attached hydrogens (tertiary/aromatic N) is 5. The van der Waals surface area contributed by atoms with Crippen LogP contribution in [-0.2, 0) is 6.18 Å². The largest absolute Gasteiger partial charge is 0.416 e. The van der Waals surface area contributed by atoms with Crippen molar-refractivity contribution in [2.45, 2.75) is 12.3 Å². The summed E-state index contributed by atoms with van der Waals surface area (Å²) in [5.74, 6) is 0. The number of hydrogen-bond donors (Lipinski definition) is 2. The molecule has 2 N–H and O–H groups in total. The molecule has 1 aliphatic rings. The van der Waals surface area contributed by atoms with E-state index < -0.39 is 28.9 Å². The van der Waals surface area contributed by atoms with Gasteiger partial charge in [0.1, 0.15) is 0 Å². The molecule has 10 nitrogen and oxygen atoms in total. The van der Waals surface area contributed by atoms with Gasteiger partial charge in [0, 0.05) is 29.1 Å². The summed E-state index contributed by atoms with van der Waals surface area (Å²) >= 11 is 0. The van der Waals surface area contributed by atoms with Crippen molar-refractivity contribution in [3.05, 3.63) is 88.0 Å². The van der Waals surface area contributed by atoms with Crippen LogP contribution in [0.25, 0.3) is 11.1 Å². The Kier molecular flexibility index (Phi) is 5.99. The van der Waals surface area contributed by atoms with Gasteiger partial charge in [-0.2, -0.15) is 13.2 Å². The summed E-state index contributed by atoms with van der Waals surface area (Å²) in [6, 6.07) is 14.1. The molecule has 0 saturated heterocycles. The summed E-state index contributed by atoms with van der Waals surface area (Å²) in [6.07, 6.45) is -5.43. The predicted octanol–water partition coefficient (Wildman–Crippen LogP) is 6.76. The van der Waals surface area contributed by atoms with Crippen LogP contribution in [0.3, 0.4) is 0 Å². The smallest absolute Gasteiger partial charge is 0.308 e. The number of benzene rings is 3. The van der Waals surface area contributed by atoms with Gasteiger partial charge in [0.05, 0.1) is 10.5 Å². The molecule has 0 bridgehead atoms. The first-order valence-corrected chi connectivity index (χ1v) is 9.65. The molecule has 0 unspecified atom stereocenters. The molecule has 2 amide bonds. The lowest BCUT2D eigenvalue weighted by atomic mass is 10.00. The van der Waals surface area contributed by atoms with E-state index in [1.54, 1.807) is 18.2 Å². The number of carbonyl (C=O) groups excluding carboxylic acids is 1. The Labute approximate surface area is 189 Å². The average Bonchev–Trinajstić information content (AvgIpc) is 3.34. The number of amides is 2. The number of nitro groups is 1. The molecule has 3 aromatic carbocycles. The van der Waals surface area contributed by atoms with E-state index in [-0.39, 0.29) is 17.1 Å². The lowest BCUT2D eigenvalue weighted by Crippen LogP contribution is -2.21. The second-order valence-corrected chi connectivity index (χ2v) is 7.05. The van der Waals surface area contributed by atoms with Crippen LogP contribution in [0.5, 0.6) is 0 Å². The molecule has 0 radical (unpaired) electrons. The van der Waals surface area contributed by atoms with Crippen LogP contribution in [0.15, 0.2) is 87.4 Å². The molecule has 1 aliphatic heterocycles. The molecule has 172 valence electrons. The van der Waals surface area contributed by atoms with E-state index in [1.165, 1.54) is 36.4 Å². The highest BCUT2D eigenvalue weighted by molar-refractivity contribution is 6.00. The number of carbonyl (C=O) groups is 1. The molecule has 0 aromatic heterocycles. The van der Waals surface area contributed by atoms with Gasteiger partial charge in [0.25, 0.3) is 5.69 Å². The first-order valence-electron chi connectivity index (χ1n) is 9.65. The number of hydrogen-bond acceptors (Lipinski definition) is 7. The number of nitrogens with one attached hydrogen (secondary N) is 2. The average molecular weight is 469 g/mol. The summed E-state index contributed by atoms with van der Waals surface area (Å²) in [7, 11) is 0. The zero-order valence-electron chi connectivity index (χ0n) is 17.0. The first kappa shape index (κ1) is 22.5. The fourth-order valence-corrected chi connectivity index (χ4v) is 3.22. The number of urea groups is 1. The van der Waals surface area contributed by atoms with Crippen molar-refractivity contribution in [2.24, 2.45) is 20.7 Å². The van der Waals surface area contributed by atoms with E-state index in [9.17, 15) is 28.1 Å². The molecule has 1 heterocycles. The number of alkyl halides is 3. The van der Waals surface area contributed by atoms with E-state index in [4.69, 9.17) is 0 Å². The summed E-state index contributed by atoms with van der Waals surface area (Å²) in [4.78, 5) is 23.1. The maximum atomic E-state index is 12.9. The Hall–Kier alpha value is -4.68. The Bertz CT molecular complexity index is 1310. The topological polar surface area (TPSA) is 134 Å². The highest BCUT2D eigenvalue weighted by atomic mass is 19.4. The van der Waals surface area contributed by atoms with Gasteiger partial charge in [-0.3, -0.25) is 10.1 Å². The molecule has 13 heteroatoms. The van der Waals surface area contributed by atoms with E-state index >= 15 is 0 Å². The molecular weight excluding hydrogens is 455 g/mol. The number of halogens is 3. The van der Waals surface area contributed by atoms with Crippen LogP contribution in [0, 0.1) is 10.1 Å². The zero-order chi connectivity index (χ0) is 24.3. The van der Waals surface area contributed by atoms with Crippen LogP contribution in [-0.4, -0.2) is 11.0 Å². The molecular formula is C21H14F3N7O3. The van der Waals surface area contributed by atoms with Gasteiger partial charge in [-0.1, -0.05) is 24.3 Å². The molecule has 0 atom stereocenters. The van der Waals surface area contributed by atoms with Gasteiger partial charge in [-0.15, -0.1) is 10.2 Å². The third-order valence-electron chi connectivity index (χ3n) is 4.78. The Morgan fingerprint density at radius 2 is 1.62 bits per heavy atom. The van der Waals surface area contributed by atoms with Crippen LogP contribution >= 0.6 is 0 Å². The lowest BCUT2D eigenvalue weighted by molar-refractivity contribution is -0.384. The first-order chi connectivity index (χ1) is 16.2. The normalized spacial score (nSPS) is 13.1. The third kappa shape index (κ3) is 5.03. The summed E-state index contributed by atoms with van der Waals surface area (Å²) in [6.45, 7) is 0. The number of non-ortho nitro benzene ring substituents is 1. The van der Waals surface area contributed by atoms with Crippen LogP contribution in [0.2, 0.25) is 0 Å². The maximum absolute atomic E-state index is 12.9. The van der Waals surface area contributed by atoms with Crippen LogP contribution in [0.4, 0.5) is 35.0 Å². The Morgan fingerprint density at radius 3 is 2.32 bits per heavy atom. The fourth-order valence-electron chi connectivity index (χ4n) is 3.22. The van der Waals surface area contributed by atoms with Gasteiger partial charge in [-0.05, 0) is 51.9 Å². The second-order valence-electron chi connectivity index (χ2n) is 7.05. The standard InChI is InChI=1S/C21H14F3N7O3/c22-21(23,24)14-4-2-5-15(11-14)25-20(32)26-18-8-7-13(10-17(18)19-27-29-30-28-19)12-3-1-6-16(9-12)31(33)34/h1-11,19H,(H2,25,26,32). The highest BCUT2D eigenvalue weighted by Crippen LogP contribution is 2.35. The van der Waals surface area contributed by atoms with E-state index in [0.717, 1.165) is 12.1 Å². The Morgan fingerprint density at radius 1 is 0.912 bits per heavy atom. The third-order valence-corrected chi connectivity index (χ3v) is 4.78. The molecule has 0 aliphatic carbocycles. The maximum Gasteiger partial charge on any atom is 0.416 e. The summed E-state index contributed by atoms with van der Waals surface area (Å²) in [5.41, 5.74) is 0.710. The minimum absolute atomic E-state index is 0.0534. The van der Waals surface area contributed by atoms with E-state index in [1.807, 2.05) is 0 Å². The van der Waals surface area contributed by atoms with Gasteiger partial charge >= 0.3 is 12.2 Å². The number of rotatable bonds is 5. The lowest BCUT2D eigenvalue weighted by Gasteiger charge is -2.15. The van der Waals surface area contributed by atoms with Crippen molar-refractivity contribution < 1.29 is 22.9 Å². The van der Waals surface area contributed by atoms with Crippen LogP contribution in [0.1, 0.15) is 17.3 Å². The van der Waals surface area contributed by atoms with Gasteiger partial charge in [0.2, 0.25) is 6.17 Å². The fraction of sp³-hybridized carbons (Fsp3) is 0.0952. The highest BCUT2D eigenvalue weighted by Gasteiger charge is 2.30. The minimum atomic E-state index is -4.55. The quantitative estimate of drug-likeness (QED) is 0.316. The SMILES string of the molecule is O=C(Nc1cccc(C(F)(F)F)c1)Nc1ccc(-c2cccc([N+](=O)[O-])c2)cc1C1N=NN=N1. The van der Waals surface area contributed by atoms with Crippen LogP contribution < -0.4 is 10.6 Å². The molecule has 0 fully saturated rings. The van der Waals surface area contributed by atoms with Crippen molar-refractivity contribution in [3.63, 3.8) is 0 Å². The van der Waals surface area contributed by atoms with Crippen molar-refractivity contribution in [3.8, 4) is 11.1 Å². The monoisotopic (exact) mass is 469 g/mol. The van der Waals surface area contributed by atoms with E-state index in [2.05, 4.69) is 31.3 Å². The molecule has 34 heavy (non-hydrogen) atoms. The van der Waals surface area contributed by atoms with Gasteiger partial charge in [-0.25, -0.2) is 4.79 Å². The number of nitro benzene ring substituents is 1. The molecule has 0 spiro atoms. The van der Waals surface area contributed by atoms with Crippen molar-refractivity contribution in [1.29, 1.82) is 0 Å². The van der Waals surface area contributed by atoms with E-state index in [0.29, 0.717) is 16.7 Å². The Balaban J connectivity index is 1.61. The molecule has 4 rings (SSSR count). The van der Waals surface area contributed by atoms with Crippen molar-refractivity contribution >= 4 is 23.1 Å². The summed E-state index contributed by atoms with van der Waals surface area (Å²) < 4.78 is 38.8. The summed E-state index contributed by atoms with van der Waals surface area (Å²) in [5, 5.41) is 30.7. The van der Waals surface area contributed by atoms with Crippen molar-refractivity contribution in [2.75, 3.05) is 10.6 Å². The zero-order valence-corrected chi connectivity index (χ0v) is 17.0. The molecule has 0 saturated carbocycles.